The van der Waals surface area contributed by atoms with Gasteiger partial charge in [-0.25, -0.2) is 10.3 Å². The monoisotopic (exact) mass is 505 g/mol. The molecule has 2 amide bonds. The van der Waals surface area contributed by atoms with Gasteiger partial charge in [-0.3, -0.25) is 14.8 Å². The molecular weight excluding hydrogens is 485 g/mol. The second kappa shape index (κ2) is 11.1. The molecular formula is C23H21Cl2N3O6. The summed E-state index contributed by atoms with van der Waals surface area (Å²) in [6.45, 7) is 0.140. The van der Waals surface area contributed by atoms with Crippen LogP contribution < -0.4 is 15.5 Å². The third kappa shape index (κ3) is 5.69. The van der Waals surface area contributed by atoms with E-state index in [1.807, 2.05) is 0 Å². The number of nitrogens with one attached hydrogen (secondary N) is 2. The third-order valence-electron chi connectivity index (χ3n) is 4.89. The number of halogens is 2. The standard InChI is InChI=1S/C23H21Cl2N3O6/c1-28-11-16(21(29)27-32)20(34-12-14-5-8-17(24)18(25)9-14)19(28)22(30)26-10-13-3-6-15(7-4-13)23(31)33-2/h3-9,11,32H,10,12H2,1-2H3,(H,26,30)(H,27,29). The maximum Gasteiger partial charge on any atom is 0.337 e. The molecule has 0 fully saturated rings. The Balaban J connectivity index is 1.81. The van der Waals surface area contributed by atoms with Crippen molar-refractivity contribution < 1.29 is 29.1 Å². The highest BCUT2D eigenvalue weighted by atomic mass is 35.5. The van der Waals surface area contributed by atoms with Crippen LogP contribution in [-0.2, 0) is 24.9 Å². The molecule has 0 radical (unpaired) electrons. The van der Waals surface area contributed by atoms with Crippen molar-refractivity contribution in [2.24, 2.45) is 7.05 Å². The van der Waals surface area contributed by atoms with E-state index < -0.39 is 17.8 Å². The van der Waals surface area contributed by atoms with E-state index in [1.165, 1.54) is 17.9 Å². The lowest BCUT2D eigenvalue weighted by Gasteiger charge is -2.12. The zero-order valence-corrected chi connectivity index (χ0v) is 19.7. The predicted octanol–water partition coefficient (Wildman–Crippen LogP) is 3.75. The van der Waals surface area contributed by atoms with Crippen molar-refractivity contribution in [3.8, 4) is 5.75 Å². The average molecular weight is 506 g/mol. The van der Waals surface area contributed by atoms with Crippen LogP contribution in [0.15, 0.2) is 48.7 Å². The van der Waals surface area contributed by atoms with Gasteiger partial charge in [0.1, 0.15) is 17.9 Å². The van der Waals surface area contributed by atoms with Crippen LogP contribution in [0.1, 0.15) is 42.3 Å². The Labute approximate surface area is 205 Å². The molecule has 0 aliphatic carbocycles. The van der Waals surface area contributed by atoms with Gasteiger partial charge in [0.25, 0.3) is 11.8 Å². The molecule has 0 aliphatic rings. The van der Waals surface area contributed by atoms with E-state index >= 15 is 0 Å². The van der Waals surface area contributed by atoms with E-state index in [1.54, 1.807) is 55.0 Å². The molecule has 1 aromatic heterocycles. The second-order valence-electron chi connectivity index (χ2n) is 7.18. The Morgan fingerprint density at radius 3 is 2.29 bits per heavy atom. The number of benzene rings is 2. The van der Waals surface area contributed by atoms with E-state index in [-0.39, 0.29) is 30.2 Å². The van der Waals surface area contributed by atoms with Crippen LogP contribution >= 0.6 is 23.2 Å². The van der Waals surface area contributed by atoms with Crippen LogP contribution in [0.25, 0.3) is 0 Å². The van der Waals surface area contributed by atoms with Crippen LogP contribution in [-0.4, -0.2) is 34.7 Å². The smallest absolute Gasteiger partial charge is 0.337 e. The second-order valence-corrected chi connectivity index (χ2v) is 8.00. The molecule has 0 bridgehead atoms. The number of aryl methyl sites for hydroxylation is 1. The van der Waals surface area contributed by atoms with Crippen LogP contribution in [0.4, 0.5) is 0 Å². The number of hydroxylamine groups is 1. The fourth-order valence-corrected chi connectivity index (χ4v) is 3.48. The molecule has 0 atom stereocenters. The molecule has 3 rings (SSSR count). The van der Waals surface area contributed by atoms with Gasteiger partial charge in [0, 0.05) is 19.8 Å². The summed E-state index contributed by atoms with van der Waals surface area (Å²) >= 11 is 12.0. The van der Waals surface area contributed by atoms with Gasteiger partial charge in [-0.1, -0.05) is 41.4 Å². The Morgan fingerprint density at radius 2 is 1.68 bits per heavy atom. The summed E-state index contributed by atoms with van der Waals surface area (Å²) in [5, 5.41) is 12.6. The minimum atomic E-state index is -0.836. The van der Waals surface area contributed by atoms with Crippen molar-refractivity contribution in [3.05, 3.63) is 86.7 Å². The van der Waals surface area contributed by atoms with E-state index in [2.05, 4.69) is 10.1 Å². The van der Waals surface area contributed by atoms with Gasteiger partial charge >= 0.3 is 5.97 Å². The Bertz CT molecular complexity index is 1220. The maximum atomic E-state index is 13.0. The third-order valence-corrected chi connectivity index (χ3v) is 5.63. The van der Waals surface area contributed by atoms with E-state index in [0.29, 0.717) is 21.2 Å². The Kier molecular flexibility index (Phi) is 8.17. The molecule has 0 saturated carbocycles. The summed E-state index contributed by atoms with van der Waals surface area (Å²) in [7, 11) is 2.86. The van der Waals surface area contributed by atoms with Crippen molar-refractivity contribution in [3.63, 3.8) is 0 Å². The van der Waals surface area contributed by atoms with Crippen LogP contribution in [0.3, 0.4) is 0 Å². The number of aromatic nitrogens is 1. The summed E-state index contributed by atoms with van der Waals surface area (Å²) in [6, 6.07) is 11.5. The largest absolute Gasteiger partial charge is 0.486 e. The molecule has 0 saturated heterocycles. The molecule has 1 heterocycles. The van der Waals surface area contributed by atoms with Crippen LogP contribution in [0.5, 0.6) is 5.75 Å². The number of amides is 2. The van der Waals surface area contributed by atoms with Crippen molar-refractivity contribution in [2.75, 3.05) is 7.11 Å². The van der Waals surface area contributed by atoms with Crippen molar-refractivity contribution in [1.82, 2.24) is 15.4 Å². The molecule has 11 heteroatoms. The molecule has 2 aromatic carbocycles. The lowest BCUT2D eigenvalue weighted by molar-refractivity contribution is 0.0600. The number of methoxy groups -OCH3 is 1. The SMILES string of the molecule is COC(=O)c1ccc(CNC(=O)c2c(OCc3ccc(Cl)c(Cl)c3)c(C(=O)NO)cn2C)cc1. The average Bonchev–Trinajstić information content (AvgIpc) is 3.18. The summed E-state index contributed by atoms with van der Waals surface area (Å²) in [5.74, 6) is -1.82. The number of ether oxygens (including phenoxy) is 2. The minimum absolute atomic E-state index is 0.0120. The molecule has 178 valence electrons. The number of rotatable bonds is 8. The summed E-state index contributed by atoms with van der Waals surface area (Å²) in [6.07, 6.45) is 1.37. The molecule has 3 aromatic rings. The summed E-state index contributed by atoms with van der Waals surface area (Å²) in [5.41, 5.74) is 3.38. The van der Waals surface area contributed by atoms with Crippen molar-refractivity contribution in [1.29, 1.82) is 0 Å². The van der Waals surface area contributed by atoms with Gasteiger partial charge in [0.05, 0.1) is 22.7 Å². The fraction of sp³-hybridized carbons (Fsp3) is 0.174. The number of esters is 1. The highest BCUT2D eigenvalue weighted by Gasteiger charge is 2.26. The first-order chi connectivity index (χ1) is 16.2. The maximum absolute atomic E-state index is 13.0. The first kappa shape index (κ1) is 25.1. The fourth-order valence-electron chi connectivity index (χ4n) is 3.16. The molecule has 0 unspecified atom stereocenters. The first-order valence-corrected chi connectivity index (χ1v) is 10.7. The van der Waals surface area contributed by atoms with E-state index in [4.69, 9.17) is 33.1 Å². The van der Waals surface area contributed by atoms with Crippen LogP contribution in [0.2, 0.25) is 10.0 Å². The predicted molar refractivity (Wildman–Crippen MR) is 124 cm³/mol. The molecule has 0 aliphatic heterocycles. The van der Waals surface area contributed by atoms with Gasteiger partial charge in [-0.05, 0) is 35.4 Å². The zero-order valence-electron chi connectivity index (χ0n) is 18.2. The van der Waals surface area contributed by atoms with Crippen LogP contribution in [0, 0.1) is 0 Å². The van der Waals surface area contributed by atoms with E-state index in [9.17, 15) is 14.4 Å². The number of nitrogens with zero attached hydrogens (tertiary/aromatic N) is 1. The lowest BCUT2D eigenvalue weighted by Crippen LogP contribution is -2.25. The van der Waals surface area contributed by atoms with Gasteiger partial charge < -0.3 is 19.4 Å². The number of hydrogen-bond donors (Lipinski definition) is 3. The summed E-state index contributed by atoms with van der Waals surface area (Å²) < 4.78 is 11.9. The van der Waals surface area contributed by atoms with Gasteiger partial charge in [0.15, 0.2) is 5.75 Å². The van der Waals surface area contributed by atoms with Gasteiger partial charge in [-0.15, -0.1) is 0 Å². The quantitative estimate of drug-likeness (QED) is 0.243. The Morgan fingerprint density at radius 1 is 1.00 bits per heavy atom. The normalized spacial score (nSPS) is 10.5. The van der Waals surface area contributed by atoms with Gasteiger partial charge in [-0.2, -0.15) is 0 Å². The van der Waals surface area contributed by atoms with Crippen molar-refractivity contribution >= 4 is 41.0 Å². The summed E-state index contributed by atoms with van der Waals surface area (Å²) in [4.78, 5) is 36.7. The minimum Gasteiger partial charge on any atom is -0.486 e. The molecule has 34 heavy (non-hydrogen) atoms. The number of carbonyl (C=O) groups is 3. The number of carbonyl (C=O) groups excluding carboxylic acids is 3. The highest BCUT2D eigenvalue weighted by molar-refractivity contribution is 6.42. The van der Waals surface area contributed by atoms with E-state index in [0.717, 1.165) is 5.56 Å². The topological polar surface area (TPSA) is 119 Å². The Hall–Kier alpha value is -3.53. The first-order valence-electron chi connectivity index (χ1n) is 9.91. The highest BCUT2D eigenvalue weighted by Crippen LogP contribution is 2.28. The van der Waals surface area contributed by atoms with Gasteiger partial charge in [0.2, 0.25) is 0 Å². The molecule has 9 nitrogen and oxygen atoms in total. The molecule has 0 spiro atoms. The molecule has 3 N–H and O–H groups in total. The van der Waals surface area contributed by atoms with Crippen molar-refractivity contribution in [2.45, 2.75) is 13.2 Å². The lowest BCUT2D eigenvalue weighted by atomic mass is 10.1. The number of hydrogen-bond acceptors (Lipinski definition) is 6. The zero-order chi connectivity index (χ0) is 24.8.